The number of thioether (sulfide) groups is 1. The van der Waals surface area contributed by atoms with Crippen molar-refractivity contribution >= 4 is 33.4 Å². The van der Waals surface area contributed by atoms with Gasteiger partial charge >= 0.3 is 0 Å². The van der Waals surface area contributed by atoms with Crippen LogP contribution in [0, 0.1) is 10.1 Å². The molecule has 1 heterocycles. The van der Waals surface area contributed by atoms with Crippen LogP contribution in [0.2, 0.25) is 0 Å². The van der Waals surface area contributed by atoms with Crippen molar-refractivity contribution in [3.63, 3.8) is 0 Å². The predicted octanol–water partition coefficient (Wildman–Crippen LogP) is 1.28. The van der Waals surface area contributed by atoms with Crippen LogP contribution >= 0.6 is 11.8 Å². The van der Waals surface area contributed by atoms with E-state index in [2.05, 4.69) is 26.9 Å². The van der Waals surface area contributed by atoms with Gasteiger partial charge in [-0.05, 0) is 12.5 Å². The average Bonchev–Trinajstić information content (AvgIpc) is 2.68. The van der Waals surface area contributed by atoms with E-state index in [0.29, 0.717) is 11.8 Å². The van der Waals surface area contributed by atoms with Crippen LogP contribution in [-0.4, -0.2) is 68.4 Å². The molecule has 1 aliphatic heterocycles. The molecule has 0 aromatic heterocycles. The molecule has 150 valence electrons. The van der Waals surface area contributed by atoms with E-state index in [9.17, 15) is 18.5 Å². The Morgan fingerprint density at radius 2 is 2.22 bits per heavy atom. The Hall–Kier alpha value is -1.85. The van der Waals surface area contributed by atoms with Crippen molar-refractivity contribution in [1.82, 2.24) is 14.9 Å². The molecular formula is C16H25N5O4S2. The highest BCUT2D eigenvalue weighted by molar-refractivity contribution is 8.00. The lowest BCUT2D eigenvalue weighted by Crippen LogP contribution is -2.49. The highest BCUT2D eigenvalue weighted by Crippen LogP contribution is 2.21. The summed E-state index contributed by atoms with van der Waals surface area (Å²) in [5.74, 6) is 1.79. The Labute approximate surface area is 163 Å². The van der Waals surface area contributed by atoms with Gasteiger partial charge in [-0.2, -0.15) is 11.8 Å². The molecule has 9 nitrogen and oxygen atoms in total. The van der Waals surface area contributed by atoms with Gasteiger partial charge in [0.1, 0.15) is 0 Å². The number of nitro groups is 1. The van der Waals surface area contributed by atoms with Crippen LogP contribution in [0.4, 0.5) is 5.69 Å². The number of hydrogen-bond donors (Lipinski definition) is 2. The van der Waals surface area contributed by atoms with Crippen LogP contribution in [-0.2, 0) is 10.0 Å². The summed E-state index contributed by atoms with van der Waals surface area (Å²) in [5.41, 5.74) is -0.259. The molecule has 2 N–H and O–H groups in total. The van der Waals surface area contributed by atoms with E-state index in [0.717, 1.165) is 37.3 Å². The SMILES string of the molecule is CCC1CN(C(=NC)NCCNS(=O)(=O)c2cccc([N+](=O)[O-])c2)CCS1. The first-order chi connectivity index (χ1) is 12.9. The highest BCUT2D eigenvalue weighted by atomic mass is 32.2. The minimum Gasteiger partial charge on any atom is -0.355 e. The average molecular weight is 416 g/mol. The molecule has 1 aliphatic rings. The Morgan fingerprint density at radius 3 is 2.89 bits per heavy atom. The number of nitrogens with zero attached hydrogens (tertiary/aromatic N) is 3. The van der Waals surface area contributed by atoms with Gasteiger partial charge in [-0.3, -0.25) is 15.1 Å². The van der Waals surface area contributed by atoms with E-state index >= 15 is 0 Å². The van der Waals surface area contributed by atoms with E-state index in [1.807, 2.05) is 11.8 Å². The molecule has 2 rings (SSSR count). The highest BCUT2D eigenvalue weighted by Gasteiger charge is 2.21. The van der Waals surface area contributed by atoms with Crippen LogP contribution in [0.5, 0.6) is 0 Å². The smallest absolute Gasteiger partial charge is 0.270 e. The minimum absolute atomic E-state index is 0.125. The van der Waals surface area contributed by atoms with E-state index in [-0.39, 0.29) is 17.1 Å². The molecule has 0 saturated carbocycles. The Bertz CT molecular complexity index is 785. The van der Waals surface area contributed by atoms with Gasteiger partial charge in [-0.15, -0.1) is 0 Å². The van der Waals surface area contributed by atoms with Crippen LogP contribution < -0.4 is 10.0 Å². The third-order valence-electron chi connectivity index (χ3n) is 4.14. The summed E-state index contributed by atoms with van der Waals surface area (Å²) < 4.78 is 27.1. The molecule has 1 fully saturated rings. The summed E-state index contributed by atoms with van der Waals surface area (Å²) in [6.07, 6.45) is 1.10. The summed E-state index contributed by atoms with van der Waals surface area (Å²) >= 11 is 1.96. The number of hydrogen-bond acceptors (Lipinski definition) is 6. The molecule has 1 aromatic rings. The third-order valence-corrected chi connectivity index (χ3v) is 6.98. The maximum atomic E-state index is 12.3. The van der Waals surface area contributed by atoms with Crippen molar-refractivity contribution in [1.29, 1.82) is 0 Å². The van der Waals surface area contributed by atoms with Crippen molar-refractivity contribution in [3.8, 4) is 0 Å². The van der Waals surface area contributed by atoms with Crippen LogP contribution in [0.1, 0.15) is 13.3 Å². The molecule has 0 bridgehead atoms. The number of nitrogens with one attached hydrogen (secondary N) is 2. The first kappa shape index (κ1) is 21.5. The Kier molecular flexibility index (Phi) is 7.87. The fourth-order valence-electron chi connectivity index (χ4n) is 2.70. The van der Waals surface area contributed by atoms with Gasteiger partial charge in [-0.25, -0.2) is 13.1 Å². The zero-order chi connectivity index (χ0) is 19.9. The van der Waals surface area contributed by atoms with Crippen molar-refractivity contribution in [3.05, 3.63) is 34.4 Å². The topological polar surface area (TPSA) is 117 Å². The minimum atomic E-state index is -3.81. The summed E-state index contributed by atoms with van der Waals surface area (Å²) in [6.45, 7) is 4.49. The predicted molar refractivity (Wildman–Crippen MR) is 108 cm³/mol. The molecule has 1 unspecified atom stereocenters. The van der Waals surface area contributed by atoms with Crippen LogP contribution in [0.3, 0.4) is 0 Å². The number of nitro benzene ring substituents is 1. The van der Waals surface area contributed by atoms with Gasteiger partial charge in [0.25, 0.3) is 5.69 Å². The zero-order valence-electron chi connectivity index (χ0n) is 15.4. The summed E-state index contributed by atoms with van der Waals surface area (Å²) in [7, 11) is -2.10. The fraction of sp³-hybridized carbons (Fsp3) is 0.562. The van der Waals surface area contributed by atoms with Crippen LogP contribution in [0.15, 0.2) is 34.2 Å². The molecule has 1 atom stereocenters. The maximum absolute atomic E-state index is 12.3. The van der Waals surface area contributed by atoms with Crippen molar-refractivity contribution in [2.75, 3.05) is 39.0 Å². The van der Waals surface area contributed by atoms with Gasteiger partial charge < -0.3 is 10.2 Å². The van der Waals surface area contributed by atoms with E-state index in [1.165, 1.54) is 18.2 Å². The second-order valence-corrected chi connectivity index (χ2v) is 9.15. The second kappa shape index (κ2) is 9.90. The monoisotopic (exact) mass is 415 g/mol. The first-order valence-corrected chi connectivity index (χ1v) is 11.2. The number of non-ortho nitro benzene ring substituents is 1. The number of aliphatic imine (C=N–C) groups is 1. The largest absolute Gasteiger partial charge is 0.355 e. The van der Waals surface area contributed by atoms with E-state index in [4.69, 9.17) is 0 Å². The van der Waals surface area contributed by atoms with Gasteiger partial charge in [0.15, 0.2) is 5.96 Å². The molecule has 11 heteroatoms. The summed E-state index contributed by atoms with van der Waals surface area (Å²) in [5, 5.41) is 14.5. The molecule has 0 aliphatic carbocycles. The van der Waals surface area contributed by atoms with E-state index in [1.54, 1.807) is 7.05 Å². The maximum Gasteiger partial charge on any atom is 0.270 e. The number of rotatable bonds is 7. The summed E-state index contributed by atoms with van der Waals surface area (Å²) in [4.78, 5) is 16.5. The molecule has 1 saturated heterocycles. The van der Waals surface area contributed by atoms with Crippen molar-refractivity contribution in [2.45, 2.75) is 23.5 Å². The summed E-state index contributed by atoms with van der Waals surface area (Å²) in [6, 6.07) is 4.99. The molecule has 1 aromatic carbocycles. The molecule has 0 spiro atoms. The van der Waals surface area contributed by atoms with Crippen LogP contribution in [0.25, 0.3) is 0 Å². The Balaban J connectivity index is 1.87. The quantitative estimate of drug-likeness (QED) is 0.226. The lowest BCUT2D eigenvalue weighted by Gasteiger charge is -2.34. The van der Waals surface area contributed by atoms with E-state index < -0.39 is 14.9 Å². The standard InChI is InChI=1S/C16H25N5O4S2/c1-3-14-12-20(9-10-26-14)16(17-2)18-7-8-19-27(24,25)15-6-4-5-13(11-15)21(22)23/h4-6,11,14,19H,3,7-10,12H2,1-2H3,(H,17,18). The third kappa shape index (κ3) is 6.08. The van der Waals surface area contributed by atoms with Crippen molar-refractivity contribution in [2.24, 2.45) is 4.99 Å². The normalized spacial score (nSPS) is 18.4. The zero-order valence-corrected chi connectivity index (χ0v) is 17.1. The number of sulfonamides is 1. The number of benzene rings is 1. The molecule has 27 heavy (non-hydrogen) atoms. The lowest BCUT2D eigenvalue weighted by atomic mass is 10.3. The molecule has 0 radical (unpaired) electrons. The first-order valence-electron chi connectivity index (χ1n) is 8.68. The van der Waals surface area contributed by atoms with Gasteiger partial charge in [0, 0.05) is 56.4 Å². The molecule has 0 amide bonds. The van der Waals surface area contributed by atoms with Gasteiger partial charge in [0.2, 0.25) is 10.0 Å². The van der Waals surface area contributed by atoms with Gasteiger partial charge in [0.05, 0.1) is 9.82 Å². The van der Waals surface area contributed by atoms with Crippen molar-refractivity contribution < 1.29 is 13.3 Å². The fourth-order valence-corrected chi connectivity index (χ4v) is 4.95. The molecular weight excluding hydrogens is 390 g/mol. The second-order valence-electron chi connectivity index (χ2n) is 5.97. The van der Waals surface area contributed by atoms with Gasteiger partial charge in [-0.1, -0.05) is 13.0 Å². The Morgan fingerprint density at radius 1 is 1.44 bits per heavy atom. The number of guanidine groups is 1. The lowest BCUT2D eigenvalue weighted by molar-refractivity contribution is -0.385.